The number of primary amides is 1. The first-order valence-corrected chi connectivity index (χ1v) is 9.52. The molecule has 2 fully saturated rings. The van der Waals surface area contributed by atoms with Crippen molar-refractivity contribution in [3.8, 4) is 0 Å². The lowest BCUT2D eigenvalue weighted by Crippen LogP contribution is -2.57. The highest BCUT2D eigenvalue weighted by molar-refractivity contribution is 7.91. The highest BCUT2D eigenvalue weighted by Crippen LogP contribution is 2.37. The van der Waals surface area contributed by atoms with E-state index < -0.39 is 15.4 Å². The van der Waals surface area contributed by atoms with E-state index in [1.165, 1.54) is 0 Å². The number of rotatable bonds is 6. The van der Waals surface area contributed by atoms with E-state index in [1.807, 2.05) is 7.05 Å². The van der Waals surface area contributed by atoms with E-state index in [9.17, 15) is 13.2 Å². The SMILES string of the molecule is CNC1(C(N)=O)CCCC1CCN(C)C1CCS(=O)(=O)C1. The Morgan fingerprint density at radius 2 is 2.14 bits per heavy atom. The normalized spacial score (nSPS) is 35.4. The van der Waals surface area contributed by atoms with Gasteiger partial charge < -0.3 is 16.0 Å². The molecule has 1 saturated carbocycles. The fourth-order valence-electron chi connectivity index (χ4n) is 3.91. The first kappa shape index (κ1) is 16.7. The summed E-state index contributed by atoms with van der Waals surface area (Å²) in [5.74, 6) is 0.535. The van der Waals surface area contributed by atoms with Crippen molar-refractivity contribution in [2.75, 3.05) is 32.1 Å². The fraction of sp³-hybridized carbons (Fsp3) is 0.929. The molecule has 0 spiro atoms. The number of hydrogen-bond donors (Lipinski definition) is 2. The van der Waals surface area contributed by atoms with E-state index >= 15 is 0 Å². The molecule has 3 unspecified atom stereocenters. The average molecular weight is 317 g/mol. The van der Waals surface area contributed by atoms with Crippen LogP contribution in [0.3, 0.4) is 0 Å². The summed E-state index contributed by atoms with van der Waals surface area (Å²) >= 11 is 0. The molecular weight excluding hydrogens is 290 g/mol. The summed E-state index contributed by atoms with van der Waals surface area (Å²) < 4.78 is 23.1. The Kier molecular flexibility index (Phi) is 4.95. The molecule has 1 aliphatic heterocycles. The minimum absolute atomic E-state index is 0.119. The van der Waals surface area contributed by atoms with Gasteiger partial charge in [-0.25, -0.2) is 8.42 Å². The van der Waals surface area contributed by atoms with Crippen LogP contribution in [0.25, 0.3) is 0 Å². The Balaban J connectivity index is 1.92. The molecule has 0 radical (unpaired) electrons. The molecule has 1 saturated heterocycles. The summed E-state index contributed by atoms with van der Waals surface area (Å²) in [6.07, 6.45) is 4.40. The van der Waals surface area contributed by atoms with Gasteiger partial charge in [0.1, 0.15) is 5.54 Å². The molecule has 0 aromatic rings. The maximum atomic E-state index is 11.8. The largest absolute Gasteiger partial charge is 0.368 e. The zero-order valence-electron chi connectivity index (χ0n) is 13.0. The molecule has 21 heavy (non-hydrogen) atoms. The molecule has 2 aliphatic rings. The molecule has 1 heterocycles. The lowest BCUT2D eigenvalue weighted by Gasteiger charge is -2.34. The van der Waals surface area contributed by atoms with Crippen LogP contribution in [0.15, 0.2) is 0 Å². The second-order valence-electron chi connectivity index (χ2n) is 6.50. The van der Waals surface area contributed by atoms with Crippen LogP contribution in [0, 0.1) is 5.92 Å². The highest BCUT2D eigenvalue weighted by atomic mass is 32.2. The molecular formula is C14H27N3O3S. The van der Waals surface area contributed by atoms with Gasteiger partial charge in [-0.05, 0) is 52.2 Å². The second-order valence-corrected chi connectivity index (χ2v) is 8.73. The number of carbonyl (C=O) groups is 1. The van der Waals surface area contributed by atoms with Gasteiger partial charge in [0.05, 0.1) is 11.5 Å². The predicted molar refractivity (Wildman–Crippen MR) is 82.6 cm³/mol. The van der Waals surface area contributed by atoms with Crippen LogP contribution in [0.4, 0.5) is 0 Å². The van der Waals surface area contributed by atoms with Crippen molar-refractivity contribution in [2.45, 2.75) is 43.7 Å². The predicted octanol–water partition coefficient (Wildman–Crippen LogP) is -0.261. The Morgan fingerprint density at radius 1 is 1.43 bits per heavy atom. The number of carbonyl (C=O) groups excluding carboxylic acids is 1. The van der Waals surface area contributed by atoms with E-state index in [1.54, 1.807) is 7.05 Å². The van der Waals surface area contributed by atoms with Gasteiger partial charge in [0.2, 0.25) is 5.91 Å². The van der Waals surface area contributed by atoms with Gasteiger partial charge in [-0.15, -0.1) is 0 Å². The Hall–Kier alpha value is -0.660. The summed E-state index contributed by atoms with van der Waals surface area (Å²) in [5, 5.41) is 3.14. The van der Waals surface area contributed by atoms with E-state index in [2.05, 4.69) is 10.2 Å². The first-order chi connectivity index (χ1) is 9.81. The molecule has 0 bridgehead atoms. The van der Waals surface area contributed by atoms with E-state index in [0.29, 0.717) is 5.75 Å². The van der Waals surface area contributed by atoms with Crippen LogP contribution in [-0.2, 0) is 14.6 Å². The molecule has 3 N–H and O–H groups in total. The highest BCUT2D eigenvalue weighted by Gasteiger charge is 2.46. The first-order valence-electron chi connectivity index (χ1n) is 7.70. The van der Waals surface area contributed by atoms with Crippen LogP contribution in [0.1, 0.15) is 32.1 Å². The van der Waals surface area contributed by atoms with Crippen molar-refractivity contribution >= 4 is 15.7 Å². The van der Waals surface area contributed by atoms with Gasteiger partial charge in [-0.3, -0.25) is 4.79 Å². The number of amides is 1. The van der Waals surface area contributed by atoms with Crippen molar-refractivity contribution < 1.29 is 13.2 Å². The third-order valence-corrected chi connectivity index (χ3v) is 7.12. The minimum Gasteiger partial charge on any atom is -0.368 e. The van der Waals surface area contributed by atoms with Crippen LogP contribution in [-0.4, -0.2) is 63.0 Å². The van der Waals surface area contributed by atoms with Gasteiger partial charge in [0.15, 0.2) is 9.84 Å². The molecule has 1 amide bonds. The van der Waals surface area contributed by atoms with Crippen LogP contribution < -0.4 is 11.1 Å². The molecule has 0 aromatic heterocycles. The number of nitrogens with one attached hydrogen (secondary N) is 1. The third kappa shape index (κ3) is 3.40. The Bertz CT molecular complexity index is 494. The molecule has 122 valence electrons. The summed E-state index contributed by atoms with van der Waals surface area (Å²) in [5.41, 5.74) is 5.02. The minimum atomic E-state index is -2.85. The Labute approximate surface area is 127 Å². The standard InChI is InChI=1S/C14H27N3O3S/c1-16-14(13(15)18)7-3-4-11(14)5-8-17(2)12-6-9-21(19,20)10-12/h11-12,16H,3-10H2,1-2H3,(H2,15,18). The average Bonchev–Trinajstić information content (AvgIpc) is 2.99. The molecule has 3 atom stereocenters. The maximum Gasteiger partial charge on any atom is 0.238 e. The zero-order chi connectivity index (χ0) is 15.7. The monoisotopic (exact) mass is 317 g/mol. The van der Waals surface area contributed by atoms with Crippen LogP contribution in [0.5, 0.6) is 0 Å². The van der Waals surface area contributed by atoms with Crippen LogP contribution >= 0.6 is 0 Å². The zero-order valence-corrected chi connectivity index (χ0v) is 13.8. The van der Waals surface area contributed by atoms with Gasteiger partial charge in [0.25, 0.3) is 0 Å². The van der Waals surface area contributed by atoms with Crippen LogP contribution in [0.2, 0.25) is 0 Å². The van der Waals surface area contributed by atoms with Crippen molar-refractivity contribution in [3.05, 3.63) is 0 Å². The quantitative estimate of drug-likeness (QED) is 0.704. The molecule has 2 rings (SSSR count). The number of nitrogens with two attached hydrogens (primary N) is 1. The van der Waals surface area contributed by atoms with E-state index in [-0.39, 0.29) is 23.6 Å². The van der Waals surface area contributed by atoms with E-state index in [0.717, 1.165) is 38.6 Å². The molecule has 1 aliphatic carbocycles. The summed E-state index contributed by atoms with van der Waals surface area (Å²) in [6, 6.07) is 0.119. The third-order valence-electron chi connectivity index (χ3n) is 5.37. The lowest BCUT2D eigenvalue weighted by molar-refractivity contribution is -0.125. The smallest absolute Gasteiger partial charge is 0.238 e. The van der Waals surface area contributed by atoms with Gasteiger partial charge >= 0.3 is 0 Å². The van der Waals surface area contributed by atoms with Crippen molar-refractivity contribution in [2.24, 2.45) is 11.7 Å². The lowest BCUT2D eigenvalue weighted by atomic mass is 9.84. The number of hydrogen-bond acceptors (Lipinski definition) is 5. The number of sulfone groups is 1. The van der Waals surface area contributed by atoms with Gasteiger partial charge in [0, 0.05) is 6.04 Å². The summed E-state index contributed by atoms with van der Waals surface area (Å²) in [6.45, 7) is 0.807. The summed E-state index contributed by atoms with van der Waals surface area (Å²) in [7, 11) is 0.933. The van der Waals surface area contributed by atoms with Crippen molar-refractivity contribution in [1.29, 1.82) is 0 Å². The second kappa shape index (κ2) is 6.22. The molecule has 6 nitrogen and oxygen atoms in total. The van der Waals surface area contributed by atoms with Gasteiger partial charge in [-0.1, -0.05) is 6.42 Å². The number of nitrogens with zero attached hydrogens (tertiary/aromatic N) is 1. The summed E-state index contributed by atoms with van der Waals surface area (Å²) in [4.78, 5) is 13.9. The topological polar surface area (TPSA) is 92.5 Å². The van der Waals surface area contributed by atoms with Crippen molar-refractivity contribution in [3.63, 3.8) is 0 Å². The number of likely N-dealkylation sites (N-methyl/N-ethyl adjacent to an activating group) is 1. The van der Waals surface area contributed by atoms with E-state index in [4.69, 9.17) is 5.73 Å². The fourth-order valence-corrected chi connectivity index (χ4v) is 5.72. The van der Waals surface area contributed by atoms with Crippen molar-refractivity contribution in [1.82, 2.24) is 10.2 Å². The molecule has 0 aromatic carbocycles. The van der Waals surface area contributed by atoms with Gasteiger partial charge in [-0.2, -0.15) is 0 Å². The maximum absolute atomic E-state index is 11.8. The molecule has 7 heteroatoms. The Morgan fingerprint density at radius 3 is 2.67 bits per heavy atom.